The number of hydrogen-bond acceptors (Lipinski definition) is 2. The van der Waals surface area contributed by atoms with Gasteiger partial charge < -0.3 is 5.73 Å². The van der Waals surface area contributed by atoms with Crippen LogP contribution in [0.2, 0.25) is 5.02 Å². The summed E-state index contributed by atoms with van der Waals surface area (Å²) < 4.78 is 13.0. The number of hydrogen-bond donors (Lipinski definition) is 1. The normalized spacial score (nSPS) is 14.2. The Morgan fingerprint density at radius 3 is 2.50 bits per heavy atom. The van der Waals surface area contributed by atoms with E-state index in [4.69, 9.17) is 17.3 Å². The highest BCUT2D eigenvalue weighted by Crippen LogP contribution is 2.32. The molecule has 0 radical (unpaired) electrons. The molecule has 2 nitrogen and oxygen atoms in total. The minimum atomic E-state index is -0.354. The standard InChI is InChI=1S/C14H14ClFN2/c1-9(10-4-6-18-7-5-10)14(17)12-3-2-11(16)8-13(12)15/h2-9,14H,17H2,1H3. The second-order valence-electron chi connectivity index (χ2n) is 4.26. The summed E-state index contributed by atoms with van der Waals surface area (Å²) >= 11 is 6.02. The van der Waals surface area contributed by atoms with Gasteiger partial charge in [0.15, 0.2) is 0 Å². The lowest BCUT2D eigenvalue weighted by molar-refractivity contribution is 0.591. The predicted octanol–water partition coefficient (Wildman–Crippen LogP) is 3.68. The summed E-state index contributed by atoms with van der Waals surface area (Å²) in [6, 6.07) is 7.86. The molecule has 0 fully saturated rings. The fourth-order valence-electron chi connectivity index (χ4n) is 1.92. The highest BCUT2D eigenvalue weighted by molar-refractivity contribution is 6.31. The van der Waals surface area contributed by atoms with Crippen LogP contribution in [0.4, 0.5) is 4.39 Å². The molecule has 4 heteroatoms. The molecule has 94 valence electrons. The minimum absolute atomic E-state index is 0.0796. The second kappa shape index (κ2) is 5.46. The van der Waals surface area contributed by atoms with Gasteiger partial charge in [-0.25, -0.2) is 4.39 Å². The lowest BCUT2D eigenvalue weighted by atomic mass is 9.90. The quantitative estimate of drug-likeness (QED) is 0.919. The smallest absolute Gasteiger partial charge is 0.124 e. The van der Waals surface area contributed by atoms with Crippen LogP contribution in [0.5, 0.6) is 0 Å². The molecule has 0 spiro atoms. The Kier molecular flexibility index (Phi) is 3.94. The molecule has 0 aliphatic rings. The first-order valence-corrected chi connectivity index (χ1v) is 6.08. The maximum absolute atomic E-state index is 13.0. The maximum atomic E-state index is 13.0. The van der Waals surface area contributed by atoms with Crippen LogP contribution in [-0.4, -0.2) is 4.98 Å². The van der Waals surface area contributed by atoms with Crippen molar-refractivity contribution in [2.75, 3.05) is 0 Å². The summed E-state index contributed by atoms with van der Waals surface area (Å²) in [6.45, 7) is 2.01. The van der Waals surface area contributed by atoms with E-state index in [1.807, 2.05) is 19.1 Å². The molecule has 2 unspecified atom stereocenters. The number of halogens is 2. The van der Waals surface area contributed by atoms with Crippen molar-refractivity contribution in [1.82, 2.24) is 4.98 Å². The average molecular weight is 265 g/mol. The zero-order valence-electron chi connectivity index (χ0n) is 9.98. The maximum Gasteiger partial charge on any atom is 0.124 e. The van der Waals surface area contributed by atoms with Crippen LogP contribution in [0.3, 0.4) is 0 Å². The van der Waals surface area contributed by atoms with Crippen molar-refractivity contribution in [1.29, 1.82) is 0 Å². The molecule has 1 aromatic carbocycles. The molecular weight excluding hydrogens is 251 g/mol. The molecule has 2 aromatic rings. The van der Waals surface area contributed by atoms with Crippen molar-refractivity contribution in [3.05, 3.63) is 64.7 Å². The van der Waals surface area contributed by atoms with Crippen molar-refractivity contribution in [3.8, 4) is 0 Å². The third-order valence-electron chi connectivity index (χ3n) is 3.09. The van der Waals surface area contributed by atoms with Gasteiger partial charge in [-0.3, -0.25) is 4.98 Å². The van der Waals surface area contributed by atoms with Gasteiger partial charge in [0.25, 0.3) is 0 Å². The van der Waals surface area contributed by atoms with E-state index in [0.717, 1.165) is 11.1 Å². The van der Waals surface area contributed by atoms with Gasteiger partial charge in [-0.1, -0.05) is 24.6 Å². The number of benzene rings is 1. The Morgan fingerprint density at radius 2 is 1.89 bits per heavy atom. The second-order valence-corrected chi connectivity index (χ2v) is 4.67. The molecule has 1 heterocycles. The molecular formula is C14H14ClFN2. The van der Waals surface area contributed by atoms with E-state index in [9.17, 15) is 4.39 Å². The molecule has 2 N–H and O–H groups in total. The SMILES string of the molecule is CC(c1ccncc1)C(N)c1ccc(F)cc1Cl. The molecule has 2 rings (SSSR count). The van der Waals surface area contributed by atoms with Crippen LogP contribution in [0.1, 0.15) is 30.0 Å². The van der Waals surface area contributed by atoms with E-state index in [2.05, 4.69) is 4.98 Å². The third-order valence-corrected chi connectivity index (χ3v) is 3.42. The summed E-state index contributed by atoms with van der Waals surface area (Å²) in [5.41, 5.74) is 8.03. The lowest BCUT2D eigenvalue weighted by Gasteiger charge is -2.21. The Labute approximate surface area is 111 Å². The van der Waals surface area contributed by atoms with Crippen molar-refractivity contribution in [3.63, 3.8) is 0 Å². The number of rotatable bonds is 3. The number of pyridine rings is 1. The van der Waals surface area contributed by atoms with Gasteiger partial charge in [-0.2, -0.15) is 0 Å². The van der Waals surface area contributed by atoms with Crippen LogP contribution in [-0.2, 0) is 0 Å². The molecule has 0 saturated heterocycles. The zero-order chi connectivity index (χ0) is 13.1. The van der Waals surface area contributed by atoms with Crippen molar-refractivity contribution < 1.29 is 4.39 Å². The van der Waals surface area contributed by atoms with E-state index in [-0.39, 0.29) is 17.8 Å². The number of nitrogens with two attached hydrogens (primary N) is 1. The molecule has 0 bridgehead atoms. The Hall–Kier alpha value is -1.45. The molecule has 0 aliphatic carbocycles. The van der Waals surface area contributed by atoms with Crippen molar-refractivity contribution >= 4 is 11.6 Å². The molecule has 0 amide bonds. The zero-order valence-corrected chi connectivity index (χ0v) is 10.7. The van der Waals surface area contributed by atoms with Crippen LogP contribution in [0, 0.1) is 5.82 Å². The van der Waals surface area contributed by atoms with Gasteiger partial charge >= 0.3 is 0 Å². The fraction of sp³-hybridized carbons (Fsp3) is 0.214. The molecule has 0 saturated carbocycles. The van der Waals surface area contributed by atoms with Gasteiger partial charge in [0.1, 0.15) is 5.82 Å². The Bertz CT molecular complexity index is 531. The average Bonchev–Trinajstić information content (AvgIpc) is 2.38. The summed E-state index contributed by atoms with van der Waals surface area (Å²) in [7, 11) is 0. The van der Waals surface area contributed by atoms with Gasteiger partial charge in [0.2, 0.25) is 0 Å². The van der Waals surface area contributed by atoms with Crippen molar-refractivity contribution in [2.45, 2.75) is 18.9 Å². The fourth-order valence-corrected chi connectivity index (χ4v) is 2.21. The summed E-state index contributed by atoms with van der Waals surface area (Å²) in [6.07, 6.45) is 3.45. The van der Waals surface area contributed by atoms with Gasteiger partial charge in [-0.05, 0) is 35.4 Å². The topological polar surface area (TPSA) is 38.9 Å². The van der Waals surface area contributed by atoms with E-state index >= 15 is 0 Å². The van der Waals surface area contributed by atoms with Crippen LogP contribution in [0.25, 0.3) is 0 Å². The first kappa shape index (κ1) is 13.0. The van der Waals surface area contributed by atoms with Crippen LogP contribution >= 0.6 is 11.6 Å². The predicted molar refractivity (Wildman–Crippen MR) is 71.0 cm³/mol. The highest BCUT2D eigenvalue weighted by atomic mass is 35.5. The first-order chi connectivity index (χ1) is 8.59. The monoisotopic (exact) mass is 264 g/mol. The largest absolute Gasteiger partial charge is 0.323 e. The van der Waals surface area contributed by atoms with Crippen molar-refractivity contribution in [2.24, 2.45) is 5.73 Å². The van der Waals surface area contributed by atoms with Crippen LogP contribution in [0.15, 0.2) is 42.7 Å². The highest BCUT2D eigenvalue weighted by Gasteiger charge is 2.19. The molecule has 1 aromatic heterocycles. The molecule has 18 heavy (non-hydrogen) atoms. The Morgan fingerprint density at radius 1 is 1.22 bits per heavy atom. The lowest BCUT2D eigenvalue weighted by Crippen LogP contribution is -2.18. The van der Waals surface area contributed by atoms with Gasteiger partial charge in [0, 0.05) is 29.4 Å². The van der Waals surface area contributed by atoms with E-state index in [1.165, 1.54) is 12.1 Å². The van der Waals surface area contributed by atoms with Crippen LogP contribution < -0.4 is 5.73 Å². The Balaban J connectivity index is 2.28. The third kappa shape index (κ3) is 2.68. The molecule has 0 aliphatic heterocycles. The minimum Gasteiger partial charge on any atom is -0.323 e. The van der Waals surface area contributed by atoms with E-state index in [1.54, 1.807) is 18.5 Å². The number of aromatic nitrogens is 1. The summed E-state index contributed by atoms with van der Waals surface area (Å²) in [5.74, 6) is -0.275. The summed E-state index contributed by atoms with van der Waals surface area (Å²) in [5, 5.41) is 0.364. The van der Waals surface area contributed by atoms with Gasteiger partial charge in [-0.15, -0.1) is 0 Å². The van der Waals surface area contributed by atoms with Gasteiger partial charge in [0.05, 0.1) is 0 Å². The molecule has 2 atom stereocenters. The first-order valence-electron chi connectivity index (χ1n) is 5.70. The summed E-state index contributed by atoms with van der Waals surface area (Å²) in [4.78, 5) is 3.97. The van der Waals surface area contributed by atoms with E-state index in [0.29, 0.717) is 5.02 Å². The number of nitrogens with zero attached hydrogens (tertiary/aromatic N) is 1. The van der Waals surface area contributed by atoms with E-state index < -0.39 is 0 Å².